The maximum Gasteiger partial charge on any atom is 0.0667 e. The molecule has 0 amide bonds. The topological polar surface area (TPSA) is 9.23 Å². The van der Waals surface area contributed by atoms with Crippen molar-refractivity contribution in [3.63, 3.8) is 0 Å². The first kappa shape index (κ1) is 8.06. The largest absolute Gasteiger partial charge is 0.375 e. The molecule has 2 aliphatic heterocycles. The molecular formula is C9H18O. The molecule has 0 aromatic heterocycles. The monoisotopic (exact) mass is 142 g/mol. The van der Waals surface area contributed by atoms with Crippen LogP contribution in [0.3, 0.4) is 0 Å². The van der Waals surface area contributed by atoms with Gasteiger partial charge in [-0.05, 0) is 25.2 Å². The first-order valence-electron chi connectivity index (χ1n) is 4.26. The zero-order chi connectivity index (χ0) is 7.83. The van der Waals surface area contributed by atoms with Crippen LogP contribution >= 0.6 is 0 Å². The highest BCUT2D eigenvalue weighted by Gasteiger charge is 2.56. The van der Waals surface area contributed by atoms with Crippen molar-refractivity contribution in [2.75, 3.05) is 6.61 Å². The van der Waals surface area contributed by atoms with Gasteiger partial charge in [0, 0.05) is 0 Å². The van der Waals surface area contributed by atoms with Crippen LogP contribution < -0.4 is 0 Å². The maximum atomic E-state index is 5.52. The first-order chi connectivity index (χ1) is 4.62. The molecule has 0 unspecified atom stereocenters. The van der Waals surface area contributed by atoms with Gasteiger partial charge in [0.1, 0.15) is 0 Å². The lowest BCUT2D eigenvalue weighted by atomic mass is 9.65. The normalized spacial score (nSPS) is 49.2. The number of hydrogen-bond acceptors (Lipinski definition) is 1. The van der Waals surface area contributed by atoms with E-state index in [1.807, 2.05) is 13.8 Å². The molecule has 2 bridgehead atoms. The van der Waals surface area contributed by atoms with Gasteiger partial charge in [-0.15, -0.1) is 0 Å². The molecule has 3 aliphatic rings. The van der Waals surface area contributed by atoms with E-state index >= 15 is 0 Å². The molecule has 0 atom stereocenters. The lowest BCUT2D eigenvalue weighted by Gasteiger charge is -2.39. The van der Waals surface area contributed by atoms with Gasteiger partial charge in [0.2, 0.25) is 0 Å². The Balaban J connectivity index is 0.000000231. The summed E-state index contributed by atoms with van der Waals surface area (Å²) in [6, 6.07) is 0. The molecular weight excluding hydrogens is 124 g/mol. The average molecular weight is 142 g/mol. The number of rotatable bonds is 0. The van der Waals surface area contributed by atoms with Crippen molar-refractivity contribution in [2.45, 2.75) is 46.1 Å². The summed E-state index contributed by atoms with van der Waals surface area (Å²) in [4.78, 5) is 0. The summed E-state index contributed by atoms with van der Waals surface area (Å²) in [6.45, 7) is 9.52. The molecule has 10 heavy (non-hydrogen) atoms. The Morgan fingerprint density at radius 3 is 1.70 bits per heavy atom. The van der Waals surface area contributed by atoms with Gasteiger partial charge in [0.05, 0.1) is 12.2 Å². The molecule has 1 aliphatic carbocycles. The van der Waals surface area contributed by atoms with E-state index in [9.17, 15) is 0 Å². The zero-order valence-electron chi connectivity index (χ0n) is 7.53. The molecule has 1 nitrogen and oxygen atoms in total. The minimum atomic E-state index is 0.300. The average Bonchev–Trinajstić information content (AvgIpc) is 2.25. The number of ether oxygens (including phenoxy) is 1. The molecule has 3 fully saturated rings. The van der Waals surface area contributed by atoms with E-state index in [2.05, 4.69) is 13.8 Å². The third kappa shape index (κ3) is 1.07. The van der Waals surface area contributed by atoms with Crippen LogP contribution in [0.4, 0.5) is 0 Å². The van der Waals surface area contributed by atoms with E-state index in [1.165, 1.54) is 12.8 Å². The van der Waals surface area contributed by atoms with Crippen LogP contribution in [0.1, 0.15) is 40.5 Å². The predicted octanol–water partition coefficient (Wildman–Crippen LogP) is 2.60. The van der Waals surface area contributed by atoms with E-state index in [0.29, 0.717) is 11.0 Å². The van der Waals surface area contributed by atoms with E-state index in [0.717, 1.165) is 6.61 Å². The van der Waals surface area contributed by atoms with E-state index in [-0.39, 0.29) is 0 Å². The van der Waals surface area contributed by atoms with Crippen LogP contribution in [-0.4, -0.2) is 12.2 Å². The molecule has 60 valence electrons. The second-order valence-corrected chi connectivity index (χ2v) is 3.90. The SMILES string of the molecule is CC.CC12COC(C)(C1)C2. The molecule has 2 heterocycles. The molecule has 1 heteroatoms. The fourth-order valence-electron chi connectivity index (χ4n) is 2.31. The Labute approximate surface area is 63.8 Å². The van der Waals surface area contributed by atoms with Crippen LogP contribution in [-0.2, 0) is 4.74 Å². The van der Waals surface area contributed by atoms with Gasteiger partial charge in [-0.2, -0.15) is 0 Å². The Kier molecular flexibility index (Phi) is 1.80. The first-order valence-corrected chi connectivity index (χ1v) is 4.26. The highest BCUT2D eigenvalue weighted by molar-refractivity contribution is 5.06. The zero-order valence-corrected chi connectivity index (χ0v) is 7.53. The maximum absolute atomic E-state index is 5.52. The third-order valence-electron chi connectivity index (χ3n) is 2.37. The number of hydrogen-bond donors (Lipinski definition) is 0. The van der Waals surface area contributed by atoms with Crippen LogP contribution in [0, 0.1) is 5.41 Å². The lowest BCUT2D eigenvalue weighted by molar-refractivity contribution is 0.00711. The van der Waals surface area contributed by atoms with Gasteiger partial charge < -0.3 is 4.74 Å². The van der Waals surface area contributed by atoms with Crippen molar-refractivity contribution in [3.8, 4) is 0 Å². The van der Waals surface area contributed by atoms with Crippen molar-refractivity contribution in [2.24, 2.45) is 5.41 Å². The van der Waals surface area contributed by atoms with Crippen molar-refractivity contribution in [3.05, 3.63) is 0 Å². The molecule has 0 N–H and O–H groups in total. The number of fused-ring (bicyclic) bond motifs is 1. The van der Waals surface area contributed by atoms with Crippen molar-refractivity contribution < 1.29 is 4.74 Å². The Morgan fingerprint density at radius 2 is 1.60 bits per heavy atom. The summed E-state index contributed by atoms with van der Waals surface area (Å²) in [5.41, 5.74) is 0.878. The Bertz CT molecular complexity index is 109. The summed E-state index contributed by atoms with van der Waals surface area (Å²) in [7, 11) is 0. The predicted molar refractivity (Wildman–Crippen MR) is 43.0 cm³/mol. The summed E-state index contributed by atoms with van der Waals surface area (Å²) < 4.78 is 5.52. The molecule has 0 aromatic rings. The van der Waals surface area contributed by atoms with Crippen molar-refractivity contribution >= 4 is 0 Å². The highest BCUT2D eigenvalue weighted by atomic mass is 16.5. The Morgan fingerprint density at radius 1 is 1.10 bits per heavy atom. The minimum absolute atomic E-state index is 0.300. The van der Waals surface area contributed by atoms with Crippen LogP contribution in [0.25, 0.3) is 0 Å². The third-order valence-corrected chi connectivity index (χ3v) is 2.37. The van der Waals surface area contributed by atoms with Crippen LogP contribution in [0.2, 0.25) is 0 Å². The smallest absolute Gasteiger partial charge is 0.0667 e. The second-order valence-electron chi connectivity index (χ2n) is 3.90. The molecule has 0 aromatic carbocycles. The van der Waals surface area contributed by atoms with Gasteiger partial charge in [-0.3, -0.25) is 0 Å². The molecule has 1 saturated carbocycles. The van der Waals surface area contributed by atoms with Gasteiger partial charge in [0.15, 0.2) is 0 Å². The minimum Gasteiger partial charge on any atom is -0.375 e. The molecule has 0 spiro atoms. The van der Waals surface area contributed by atoms with Gasteiger partial charge in [-0.1, -0.05) is 20.8 Å². The summed E-state index contributed by atoms with van der Waals surface area (Å²) in [5.74, 6) is 0. The fraction of sp³-hybridized carbons (Fsp3) is 1.00. The highest BCUT2D eigenvalue weighted by Crippen LogP contribution is 2.56. The summed E-state index contributed by atoms with van der Waals surface area (Å²) in [5, 5.41) is 0. The lowest BCUT2D eigenvalue weighted by Crippen LogP contribution is -2.39. The molecule has 2 saturated heterocycles. The van der Waals surface area contributed by atoms with E-state index < -0.39 is 0 Å². The van der Waals surface area contributed by atoms with E-state index in [4.69, 9.17) is 4.74 Å². The van der Waals surface area contributed by atoms with Crippen LogP contribution in [0.5, 0.6) is 0 Å². The van der Waals surface area contributed by atoms with E-state index in [1.54, 1.807) is 0 Å². The van der Waals surface area contributed by atoms with Crippen LogP contribution in [0.15, 0.2) is 0 Å². The van der Waals surface area contributed by atoms with Gasteiger partial charge in [0.25, 0.3) is 0 Å². The van der Waals surface area contributed by atoms with Crippen molar-refractivity contribution in [1.29, 1.82) is 0 Å². The fourth-order valence-corrected chi connectivity index (χ4v) is 2.31. The quantitative estimate of drug-likeness (QED) is 0.505. The standard InChI is InChI=1S/C7H12O.C2H6/c1-6-3-7(2,4-6)8-5-6;1-2/h3-5H2,1-2H3;1-2H3. The summed E-state index contributed by atoms with van der Waals surface area (Å²) >= 11 is 0. The summed E-state index contributed by atoms with van der Waals surface area (Å²) in [6.07, 6.45) is 2.58. The second kappa shape index (κ2) is 2.23. The molecule has 3 rings (SSSR count). The Hall–Kier alpha value is -0.0400. The van der Waals surface area contributed by atoms with Gasteiger partial charge >= 0.3 is 0 Å². The van der Waals surface area contributed by atoms with Crippen molar-refractivity contribution in [1.82, 2.24) is 0 Å². The molecule has 0 radical (unpaired) electrons. The van der Waals surface area contributed by atoms with Gasteiger partial charge in [-0.25, -0.2) is 0 Å².